The quantitative estimate of drug-likeness (QED) is 0.918. The summed E-state index contributed by atoms with van der Waals surface area (Å²) >= 11 is 1.70. The largest absolute Gasteiger partial charge is 0.368 e. The molecule has 1 atom stereocenters. The third kappa shape index (κ3) is 3.27. The van der Waals surface area contributed by atoms with Crippen molar-refractivity contribution >= 4 is 27.4 Å². The van der Waals surface area contributed by atoms with Gasteiger partial charge in [-0.25, -0.2) is 9.97 Å². The van der Waals surface area contributed by atoms with E-state index in [0.717, 1.165) is 22.6 Å². The lowest BCUT2D eigenvalue weighted by atomic mass is 10.1. The molecule has 1 aliphatic rings. The number of nitrogens with zero attached hydrogens (tertiary/aromatic N) is 3. The fourth-order valence-corrected chi connectivity index (χ4v) is 3.64. The summed E-state index contributed by atoms with van der Waals surface area (Å²) in [6.07, 6.45) is 5.77. The maximum absolute atomic E-state index is 4.37. The van der Waals surface area contributed by atoms with Crippen molar-refractivity contribution in [2.45, 2.75) is 26.2 Å². The van der Waals surface area contributed by atoms with Gasteiger partial charge in [-0.05, 0) is 43.3 Å². The molecule has 1 fully saturated rings. The van der Waals surface area contributed by atoms with Crippen LogP contribution >= 0.6 is 11.3 Å². The van der Waals surface area contributed by atoms with Crippen LogP contribution in [0.4, 0.5) is 5.82 Å². The zero-order valence-corrected chi connectivity index (χ0v) is 12.8. The normalized spacial score (nSPS) is 18.2. The second kappa shape index (κ2) is 6.50. The Morgan fingerprint density at radius 2 is 2.15 bits per heavy atom. The van der Waals surface area contributed by atoms with E-state index in [1.54, 1.807) is 17.7 Å². The van der Waals surface area contributed by atoms with Gasteiger partial charge >= 0.3 is 0 Å². The van der Waals surface area contributed by atoms with Crippen molar-refractivity contribution in [3.63, 3.8) is 0 Å². The Kier molecular flexibility index (Phi) is 4.47. The fraction of sp³-hybridized carbons (Fsp3) is 0.600. The van der Waals surface area contributed by atoms with Crippen LogP contribution in [0.1, 0.15) is 26.2 Å². The molecule has 0 bridgehead atoms. The predicted molar refractivity (Wildman–Crippen MR) is 85.4 cm³/mol. The van der Waals surface area contributed by atoms with Crippen molar-refractivity contribution in [1.82, 2.24) is 14.9 Å². The van der Waals surface area contributed by atoms with Crippen LogP contribution in [0.25, 0.3) is 10.2 Å². The lowest BCUT2D eigenvalue weighted by Gasteiger charge is -2.29. The van der Waals surface area contributed by atoms with Crippen LogP contribution < -0.4 is 5.32 Å². The Morgan fingerprint density at radius 3 is 3.00 bits per heavy atom. The number of hydrogen-bond acceptors (Lipinski definition) is 5. The van der Waals surface area contributed by atoms with Crippen LogP contribution in [0.15, 0.2) is 17.8 Å². The van der Waals surface area contributed by atoms with Crippen LogP contribution in [-0.2, 0) is 0 Å². The minimum atomic E-state index is 0.637. The topological polar surface area (TPSA) is 41.1 Å². The second-order valence-corrected chi connectivity index (χ2v) is 6.62. The minimum absolute atomic E-state index is 0.637. The van der Waals surface area contributed by atoms with Gasteiger partial charge in [0.05, 0.1) is 10.2 Å². The lowest BCUT2D eigenvalue weighted by Crippen LogP contribution is -2.35. The molecule has 0 amide bonds. The molecule has 1 saturated heterocycles. The molecule has 0 saturated carbocycles. The zero-order chi connectivity index (χ0) is 13.8. The Balaban J connectivity index is 1.54. The monoisotopic (exact) mass is 290 g/mol. The summed E-state index contributed by atoms with van der Waals surface area (Å²) < 4.78 is 1.16. The van der Waals surface area contributed by atoms with Gasteiger partial charge in [0.15, 0.2) is 0 Å². The van der Waals surface area contributed by atoms with Crippen LogP contribution in [0, 0.1) is 5.92 Å². The van der Waals surface area contributed by atoms with Crippen LogP contribution in [0.5, 0.6) is 0 Å². The van der Waals surface area contributed by atoms with Gasteiger partial charge in [0, 0.05) is 13.1 Å². The fourth-order valence-electron chi connectivity index (χ4n) is 2.83. The Bertz CT molecular complexity index is 548. The average molecular weight is 290 g/mol. The van der Waals surface area contributed by atoms with Crippen molar-refractivity contribution in [3.05, 3.63) is 17.8 Å². The molecule has 1 N–H and O–H groups in total. The number of aromatic nitrogens is 2. The minimum Gasteiger partial charge on any atom is -0.368 e. The van der Waals surface area contributed by atoms with Crippen molar-refractivity contribution in [3.8, 4) is 0 Å². The van der Waals surface area contributed by atoms with E-state index in [-0.39, 0.29) is 0 Å². The van der Waals surface area contributed by atoms with Crippen LogP contribution in [0.2, 0.25) is 0 Å². The number of piperidine rings is 1. The van der Waals surface area contributed by atoms with E-state index in [9.17, 15) is 0 Å². The highest BCUT2D eigenvalue weighted by molar-refractivity contribution is 7.17. The smallest absolute Gasteiger partial charge is 0.147 e. The number of fused-ring (bicyclic) bond motifs is 1. The SMILES string of the molecule is CC(CNc1ncnc2ccsc12)CN1CCCCC1. The molecular formula is C15H22N4S. The Morgan fingerprint density at radius 1 is 1.30 bits per heavy atom. The van der Waals surface area contributed by atoms with E-state index >= 15 is 0 Å². The third-order valence-corrected chi connectivity index (χ3v) is 4.79. The third-order valence-electron chi connectivity index (χ3n) is 3.88. The van der Waals surface area contributed by atoms with Gasteiger partial charge in [-0.2, -0.15) is 0 Å². The number of hydrogen-bond donors (Lipinski definition) is 1. The van der Waals surface area contributed by atoms with E-state index in [1.165, 1.54) is 38.9 Å². The molecule has 1 unspecified atom stereocenters. The van der Waals surface area contributed by atoms with Crippen molar-refractivity contribution in [1.29, 1.82) is 0 Å². The first-order valence-corrected chi connectivity index (χ1v) is 8.35. The lowest BCUT2D eigenvalue weighted by molar-refractivity contribution is 0.204. The van der Waals surface area contributed by atoms with Gasteiger partial charge in [0.25, 0.3) is 0 Å². The molecule has 0 radical (unpaired) electrons. The van der Waals surface area contributed by atoms with Gasteiger partial charge in [-0.3, -0.25) is 0 Å². The van der Waals surface area contributed by atoms with E-state index in [0.29, 0.717) is 5.92 Å². The first kappa shape index (κ1) is 13.8. The van der Waals surface area contributed by atoms with E-state index in [1.807, 2.05) is 6.07 Å². The molecule has 2 aromatic rings. The molecule has 20 heavy (non-hydrogen) atoms. The molecule has 4 nitrogen and oxygen atoms in total. The summed E-state index contributed by atoms with van der Waals surface area (Å²) in [5.41, 5.74) is 1.04. The average Bonchev–Trinajstić information content (AvgIpc) is 2.95. The van der Waals surface area contributed by atoms with Gasteiger partial charge < -0.3 is 10.2 Å². The molecule has 0 spiro atoms. The van der Waals surface area contributed by atoms with Gasteiger partial charge in [0.1, 0.15) is 12.1 Å². The van der Waals surface area contributed by atoms with E-state index in [4.69, 9.17) is 0 Å². The molecule has 3 heterocycles. The molecule has 0 aromatic carbocycles. The maximum Gasteiger partial charge on any atom is 0.147 e. The van der Waals surface area contributed by atoms with Crippen molar-refractivity contribution in [2.24, 2.45) is 5.92 Å². The maximum atomic E-state index is 4.37. The number of likely N-dealkylation sites (tertiary alicyclic amines) is 1. The summed E-state index contributed by atoms with van der Waals surface area (Å²) in [7, 11) is 0. The standard InChI is InChI=1S/C15H22N4S/c1-12(10-19-6-3-2-4-7-19)9-16-15-14-13(5-8-20-14)17-11-18-15/h5,8,11-12H,2-4,6-7,9-10H2,1H3,(H,16,17,18). The van der Waals surface area contributed by atoms with Crippen molar-refractivity contribution in [2.75, 3.05) is 31.5 Å². The second-order valence-electron chi connectivity index (χ2n) is 5.70. The summed E-state index contributed by atoms with van der Waals surface area (Å²) in [6.45, 7) is 7.01. The van der Waals surface area contributed by atoms with Gasteiger partial charge in [-0.1, -0.05) is 13.3 Å². The number of anilines is 1. The number of rotatable bonds is 5. The van der Waals surface area contributed by atoms with E-state index < -0.39 is 0 Å². The summed E-state index contributed by atoms with van der Waals surface area (Å²) in [5.74, 6) is 1.62. The number of thiophene rings is 1. The summed E-state index contributed by atoms with van der Waals surface area (Å²) in [6, 6.07) is 2.05. The van der Waals surface area contributed by atoms with Gasteiger partial charge in [-0.15, -0.1) is 11.3 Å². The predicted octanol–water partition coefficient (Wildman–Crippen LogP) is 3.23. The highest BCUT2D eigenvalue weighted by Gasteiger charge is 2.14. The van der Waals surface area contributed by atoms with Crippen LogP contribution in [-0.4, -0.2) is 41.0 Å². The van der Waals surface area contributed by atoms with Gasteiger partial charge in [0.2, 0.25) is 0 Å². The van der Waals surface area contributed by atoms with E-state index in [2.05, 4.69) is 32.5 Å². The number of nitrogens with one attached hydrogen (secondary N) is 1. The Hall–Kier alpha value is -1.20. The molecule has 2 aromatic heterocycles. The molecule has 5 heteroatoms. The highest BCUT2D eigenvalue weighted by Crippen LogP contribution is 2.24. The Labute approximate surface area is 124 Å². The summed E-state index contributed by atoms with van der Waals surface area (Å²) in [5, 5.41) is 5.57. The molecule has 0 aliphatic carbocycles. The first-order chi connectivity index (χ1) is 9.83. The molecular weight excluding hydrogens is 268 g/mol. The van der Waals surface area contributed by atoms with Crippen molar-refractivity contribution < 1.29 is 0 Å². The molecule has 108 valence electrons. The summed E-state index contributed by atoms with van der Waals surface area (Å²) in [4.78, 5) is 11.2. The first-order valence-electron chi connectivity index (χ1n) is 7.47. The zero-order valence-electron chi connectivity index (χ0n) is 12.0. The van der Waals surface area contributed by atoms with Crippen LogP contribution in [0.3, 0.4) is 0 Å². The molecule has 1 aliphatic heterocycles. The highest BCUT2D eigenvalue weighted by atomic mass is 32.1. The molecule has 3 rings (SSSR count).